The molecule has 0 radical (unpaired) electrons. The van der Waals surface area contributed by atoms with Crippen LogP contribution in [0.3, 0.4) is 0 Å². The fourth-order valence-corrected chi connectivity index (χ4v) is 4.73. The number of sulfonamides is 1. The zero-order valence-electron chi connectivity index (χ0n) is 16.4. The molecule has 3 fully saturated rings. The SMILES string of the molecule is CS(=O)(=O)NC[C@@H]1O[C@@H](CC(=O)N2CCN(C3CCCC[NH2+]3)CC2)[C@H](O)[C@@H]1O. The Morgan fingerprint density at radius 3 is 2.43 bits per heavy atom. The van der Waals surface area contributed by atoms with Crippen molar-refractivity contribution in [2.75, 3.05) is 45.5 Å². The minimum absolute atomic E-state index is 0.0246. The van der Waals surface area contributed by atoms with Gasteiger partial charge in [0.2, 0.25) is 15.9 Å². The number of nitrogens with two attached hydrogens (primary N) is 1. The van der Waals surface area contributed by atoms with Gasteiger partial charge in [-0.1, -0.05) is 0 Å². The highest BCUT2D eigenvalue weighted by molar-refractivity contribution is 7.88. The van der Waals surface area contributed by atoms with Crippen LogP contribution in [0.5, 0.6) is 0 Å². The average molecular weight is 422 g/mol. The van der Waals surface area contributed by atoms with E-state index in [0.29, 0.717) is 19.3 Å². The minimum atomic E-state index is -3.43. The van der Waals surface area contributed by atoms with Gasteiger partial charge in [0.1, 0.15) is 24.5 Å². The van der Waals surface area contributed by atoms with Crippen LogP contribution >= 0.6 is 0 Å². The van der Waals surface area contributed by atoms with Crippen molar-refractivity contribution in [1.29, 1.82) is 0 Å². The van der Waals surface area contributed by atoms with E-state index < -0.39 is 34.4 Å². The van der Waals surface area contributed by atoms with Crippen LogP contribution in [-0.2, 0) is 19.6 Å². The van der Waals surface area contributed by atoms with Crippen molar-refractivity contribution < 1.29 is 33.5 Å². The largest absolute Gasteiger partial charge is 0.388 e. The second-order valence-electron chi connectivity index (χ2n) is 8.02. The van der Waals surface area contributed by atoms with Crippen molar-refractivity contribution in [3.63, 3.8) is 0 Å². The number of carbonyl (C=O) groups is 1. The number of carbonyl (C=O) groups excluding carboxylic acids is 1. The lowest BCUT2D eigenvalue weighted by Gasteiger charge is -2.39. The van der Waals surface area contributed by atoms with Gasteiger partial charge in [-0.25, -0.2) is 13.1 Å². The minimum Gasteiger partial charge on any atom is -0.388 e. The van der Waals surface area contributed by atoms with Crippen LogP contribution in [-0.4, -0.2) is 110 Å². The maximum absolute atomic E-state index is 12.6. The third-order valence-corrected chi connectivity index (χ3v) is 6.60. The van der Waals surface area contributed by atoms with Crippen LogP contribution in [0.25, 0.3) is 0 Å². The van der Waals surface area contributed by atoms with Gasteiger partial charge >= 0.3 is 0 Å². The van der Waals surface area contributed by atoms with Crippen LogP contribution in [0.2, 0.25) is 0 Å². The van der Waals surface area contributed by atoms with Crippen LogP contribution in [0.4, 0.5) is 0 Å². The number of aliphatic hydroxyl groups is 2. The summed E-state index contributed by atoms with van der Waals surface area (Å²) in [7, 11) is -3.43. The smallest absolute Gasteiger partial charge is 0.225 e. The molecule has 0 spiro atoms. The lowest BCUT2D eigenvalue weighted by molar-refractivity contribution is -0.717. The molecule has 5 atom stereocenters. The van der Waals surface area contributed by atoms with E-state index in [0.717, 1.165) is 19.3 Å². The molecule has 28 heavy (non-hydrogen) atoms. The van der Waals surface area contributed by atoms with Gasteiger partial charge in [0.25, 0.3) is 0 Å². The van der Waals surface area contributed by atoms with Crippen molar-refractivity contribution in [1.82, 2.24) is 14.5 Å². The molecule has 5 N–H and O–H groups in total. The molecule has 3 heterocycles. The number of hydrogen-bond donors (Lipinski definition) is 4. The molecule has 3 saturated heterocycles. The first-order chi connectivity index (χ1) is 13.2. The number of nitrogens with one attached hydrogen (secondary N) is 1. The normalized spacial score (nSPS) is 35.2. The first-order valence-corrected chi connectivity index (χ1v) is 11.9. The van der Waals surface area contributed by atoms with Crippen LogP contribution in [0, 0.1) is 0 Å². The van der Waals surface area contributed by atoms with Crippen LogP contribution in [0.1, 0.15) is 25.7 Å². The summed E-state index contributed by atoms with van der Waals surface area (Å²) in [5.74, 6) is -0.111. The molecule has 0 bridgehead atoms. The summed E-state index contributed by atoms with van der Waals surface area (Å²) in [5, 5.41) is 22.6. The number of hydrogen-bond acceptors (Lipinski definition) is 7. The summed E-state index contributed by atoms with van der Waals surface area (Å²) in [5.41, 5.74) is 0. The second-order valence-corrected chi connectivity index (χ2v) is 9.86. The van der Waals surface area contributed by atoms with E-state index in [1.54, 1.807) is 4.90 Å². The van der Waals surface area contributed by atoms with E-state index >= 15 is 0 Å². The van der Waals surface area contributed by atoms with Crippen LogP contribution in [0.15, 0.2) is 0 Å². The summed E-state index contributed by atoms with van der Waals surface area (Å²) in [4.78, 5) is 16.8. The van der Waals surface area contributed by atoms with E-state index in [4.69, 9.17) is 4.74 Å². The van der Waals surface area contributed by atoms with Gasteiger partial charge in [-0.15, -0.1) is 0 Å². The van der Waals surface area contributed by atoms with Gasteiger partial charge in [0.05, 0.1) is 25.3 Å². The van der Waals surface area contributed by atoms with Gasteiger partial charge < -0.3 is 25.2 Å². The Morgan fingerprint density at radius 2 is 1.82 bits per heavy atom. The van der Waals surface area contributed by atoms with E-state index in [-0.39, 0.29) is 18.9 Å². The molecular weight excluding hydrogens is 388 g/mol. The predicted octanol–water partition coefficient (Wildman–Crippen LogP) is -3.37. The number of piperidine rings is 1. The standard InChI is InChI=1S/C17H32N4O6S/c1-28(25,26)19-11-13-17(24)16(23)12(27-13)10-15(22)21-8-6-20(7-9-21)14-4-2-3-5-18-14/h12-14,16-19,23-24H,2-11H2,1H3/p+1/t12-,13-,14?,16-,17+/m0/s1. The number of nitrogens with zero attached hydrogens (tertiary/aromatic N) is 2. The van der Waals surface area contributed by atoms with E-state index in [9.17, 15) is 23.4 Å². The monoisotopic (exact) mass is 421 g/mol. The van der Waals surface area contributed by atoms with E-state index in [2.05, 4.69) is 14.9 Å². The summed E-state index contributed by atoms with van der Waals surface area (Å²) < 4.78 is 30.2. The highest BCUT2D eigenvalue weighted by Gasteiger charge is 2.44. The number of quaternary nitrogens is 1. The van der Waals surface area contributed by atoms with Gasteiger partial charge in [-0.05, 0) is 12.8 Å². The summed E-state index contributed by atoms with van der Waals surface area (Å²) in [6.45, 7) is 3.99. The Hall–Kier alpha value is -0.820. The Labute approximate surface area is 166 Å². The van der Waals surface area contributed by atoms with Crippen molar-refractivity contribution >= 4 is 15.9 Å². The molecule has 0 aliphatic carbocycles. The van der Waals surface area contributed by atoms with Crippen LogP contribution < -0.4 is 10.0 Å². The first-order valence-electron chi connectivity index (χ1n) is 10.1. The zero-order chi connectivity index (χ0) is 20.3. The molecule has 162 valence electrons. The molecule has 0 aromatic rings. The molecule has 11 heteroatoms. The quantitative estimate of drug-likeness (QED) is 0.352. The molecule has 0 saturated carbocycles. The van der Waals surface area contributed by atoms with Crippen molar-refractivity contribution in [3.8, 4) is 0 Å². The topological polar surface area (TPSA) is 136 Å². The summed E-state index contributed by atoms with van der Waals surface area (Å²) >= 11 is 0. The lowest BCUT2D eigenvalue weighted by Crippen LogP contribution is -2.95. The highest BCUT2D eigenvalue weighted by Crippen LogP contribution is 2.24. The fourth-order valence-electron chi connectivity index (χ4n) is 4.26. The predicted molar refractivity (Wildman–Crippen MR) is 101 cm³/mol. The third-order valence-electron chi connectivity index (χ3n) is 5.91. The number of ether oxygens (including phenoxy) is 1. The highest BCUT2D eigenvalue weighted by atomic mass is 32.2. The molecule has 3 rings (SSSR count). The zero-order valence-corrected chi connectivity index (χ0v) is 17.2. The Bertz CT molecular complexity index is 634. The molecule has 0 aromatic heterocycles. The Morgan fingerprint density at radius 1 is 1.14 bits per heavy atom. The number of piperazine rings is 1. The molecule has 10 nitrogen and oxygen atoms in total. The Balaban J connectivity index is 1.45. The molecule has 1 unspecified atom stereocenters. The summed E-state index contributed by atoms with van der Waals surface area (Å²) in [6, 6.07) is 0. The van der Waals surface area contributed by atoms with Crippen molar-refractivity contribution in [2.45, 2.75) is 56.3 Å². The molecular formula is C17H33N4O6S+. The van der Waals surface area contributed by atoms with Gasteiger partial charge in [0, 0.05) is 39.1 Å². The Kier molecular flexibility index (Phi) is 7.29. The third kappa shape index (κ3) is 5.62. The van der Waals surface area contributed by atoms with E-state index in [1.807, 2.05) is 0 Å². The molecule has 1 amide bonds. The number of aliphatic hydroxyl groups excluding tert-OH is 2. The van der Waals surface area contributed by atoms with Gasteiger partial charge in [-0.2, -0.15) is 0 Å². The number of rotatable bonds is 6. The number of amides is 1. The second kappa shape index (κ2) is 9.33. The molecule has 3 aliphatic heterocycles. The first kappa shape index (κ1) is 21.9. The lowest BCUT2D eigenvalue weighted by atomic mass is 10.0. The average Bonchev–Trinajstić information content (AvgIpc) is 2.94. The van der Waals surface area contributed by atoms with E-state index in [1.165, 1.54) is 25.8 Å². The van der Waals surface area contributed by atoms with Crippen molar-refractivity contribution in [3.05, 3.63) is 0 Å². The maximum atomic E-state index is 12.6. The van der Waals surface area contributed by atoms with Gasteiger partial charge in [-0.3, -0.25) is 9.69 Å². The fraction of sp³-hybridized carbons (Fsp3) is 0.941. The molecule has 3 aliphatic rings. The molecule has 0 aromatic carbocycles. The van der Waals surface area contributed by atoms with Gasteiger partial charge in [0.15, 0.2) is 0 Å². The maximum Gasteiger partial charge on any atom is 0.225 e. The summed E-state index contributed by atoms with van der Waals surface area (Å²) in [6.07, 6.45) is 1.07. The van der Waals surface area contributed by atoms with Crippen molar-refractivity contribution in [2.24, 2.45) is 0 Å².